The number of rotatable bonds is 11. The fourth-order valence-electron chi connectivity index (χ4n) is 4.20. The van der Waals surface area contributed by atoms with Gasteiger partial charge in [-0.1, -0.05) is 23.2 Å². The molecule has 0 aliphatic carbocycles. The Bertz CT molecular complexity index is 1050. The van der Waals surface area contributed by atoms with Gasteiger partial charge >= 0.3 is 5.97 Å². The molecule has 0 radical (unpaired) electrons. The Morgan fingerprint density at radius 2 is 1.54 bits per heavy atom. The molecule has 2 unspecified atom stereocenters. The number of hydroxylamine groups is 2. The highest BCUT2D eigenvalue weighted by Gasteiger charge is 2.31. The van der Waals surface area contributed by atoms with Crippen molar-refractivity contribution in [1.82, 2.24) is 10.0 Å². The molecule has 0 spiro atoms. The van der Waals surface area contributed by atoms with Gasteiger partial charge in [-0.3, -0.25) is 0 Å². The van der Waals surface area contributed by atoms with Crippen LogP contribution in [0.25, 0.3) is 0 Å². The number of nitrogens with zero attached hydrogens (tertiary/aromatic N) is 2. The fourth-order valence-corrected chi connectivity index (χ4v) is 5.01. The van der Waals surface area contributed by atoms with Crippen molar-refractivity contribution in [3.63, 3.8) is 0 Å². The lowest BCUT2D eigenvalue weighted by Gasteiger charge is -2.37. The van der Waals surface area contributed by atoms with E-state index in [1.807, 2.05) is 53.9 Å². The molecule has 0 bridgehead atoms. The summed E-state index contributed by atoms with van der Waals surface area (Å²) in [7, 11) is 0. The number of ether oxygens (including phenoxy) is 2. The van der Waals surface area contributed by atoms with E-state index in [1.54, 1.807) is 10.6 Å². The Hall–Kier alpha value is -2.32. The average molecular weight is 535 g/mol. The van der Waals surface area contributed by atoms with E-state index in [-0.39, 0.29) is 12.4 Å². The van der Waals surface area contributed by atoms with Crippen LogP contribution in [-0.4, -0.2) is 42.3 Å². The summed E-state index contributed by atoms with van der Waals surface area (Å²) in [6.45, 7) is 2.55. The molecule has 4 rings (SSSR count). The third-order valence-electron chi connectivity index (χ3n) is 6.04. The van der Waals surface area contributed by atoms with Gasteiger partial charge < -0.3 is 14.3 Å². The van der Waals surface area contributed by atoms with Crippen LogP contribution >= 0.6 is 34.5 Å². The second-order valence-electron chi connectivity index (χ2n) is 8.50. The van der Waals surface area contributed by atoms with Crippen LogP contribution < -0.4 is 9.47 Å². The van der Waals surface area contributed by atoms with Crippen LogP contribution in [-0.2, 0) is 16.1 Å². The lowest BCUT2D eigenvalue weighted by molar-refractivity contribution is -0.202. The Labute approximate surface area is 219 Å². The van der Waals surface area contributed by atoms with E-state index in [4.69, 9.17) is 37.5 Å². The second-order valence-corrected chi connectivity index (χ2v) is 10.1. The van der Waals surface area contributed by atoms with E-state index in [2.05, 4.69) is 4.98 Å². The van der Waals surface area contributed by atoms with Gasteiger partial charge in [0, 0.05) is 28.5 Å². The molecule has 6 nitrogen and oxygen atoms in total. The van der Waals surface area contributed by atoms with Gasteiger partial charge in [0.2, 0.25) is 0 Å². The first kappa shape index (κ1) is 25.8. The van der Waals surface area contributed by atoms with E-state index >= 15 is 0 Å². The maximum atomic E-state index is 12.4. The number of hydrogen-bond donors (Lipinski definition) is 0. The summed E-state index contributed by atoms with van der Waals surface area (Å²) in [6, 6.07) is 14.8. The second kappa shape index (κ2) is 13.1. The third kappa shape index (κ3) is 8.39. The SMILES string of the molecule is O=C(Cc1cscn1)ON1CCC(CCOc2ccc(Cl)cc2)C(CCOc2ccc(Cl)cc2)C1. The summed E-state index contributed by atoms with van der Waals surface area (Å²) in [6.07, 6.45) is 2.85. The molecule has 1 aliphatic heterocycles. The maximum Gasteiger partial charge on any atom is 0.331 e. The minimum atomic E-state index is -0.281. The van der Waals surface area contributed by atoms with E-state index in [0.717, 1.165) is 36.5 Å². The summed E-state index contributed by atoms with van der Waals surface area (Å²) in [5.41, 5.74) is 2.46. The molecular weight excluding hydrogens is 507 g/mol. The van der Waals surface area contributed by atoms with Gasteiger partial charge in [-0.2, -0.15) is 0 Å². The van der Waals surface area contributed by atoms with Crippen molar-refractivity contribution in [2.24, 2.45) is 11.8 Å². The molecule has 0 amide bonds. The van der Waals surface area contributed by atoms with Crippen molar-refractivity contribution in [2.75, 3.05) is 26.3 Å². The molecule has 186 valence electrons. The average Bonchev–Trinajstić information content (AvgIpc) is 3.36. The first-order chi connectivity index (χ1) is 17.0. The van der Waals surface area contributed by atoms with Gasteiger partial charge in [0.25, 0.3) is 0 Å². The van der Waals surface area contributed by atoms with Gasteiger partial charge in [0.1, 0.15) is 11.5 Å². The highest BCUT2D eigenvalue weighted by atomic mass is 35.5. The summed E-state index contributed by atoms with van der Waals surface area (Å²) >= 11 is 13.4. The van der Waals surface area contributed by atoms with E-state index in [9.17, 15) is 4.79 Å². The lowest BCUT2D eigenvalue weighted by Crippen LogP contribution is -2.42. The number of piperidine rings is 1. The molecule has 35 heavy (non-hydrogen) atoms. The minimum Gasteiger partial charge on any atom is -0.494 e. The first-order valence-corrected chi connectivity index (χ1v) is 13.3. The molecule has 2 heterocycles. The molecule has 2 atom stereocenters. The normalized spacial score (nSPS) is 18.2. The fraction of sp³-hybridized carbons (Fsp3) is 0.385. The van der Waals surface area contributed by atoms with Gasteiger partial charge in [-0.15, -0.1) is 16.4 Å². The van der Waals surface area contributed by atoms with Crippen molar-refractivity contribution in [3.05, 3.63) is 75.2 Å². The zero-order chi connectivity index (χ0) is 24.5. The summed E-state index contributed by atoms with van der Waals surface area (Å²) in [4.78, 5) is 22.2. The van der Waals surface area contributed by atoms with E-state index < -0.39 is 0 Å². The maximum absolute atomic E-state index is 12.4. The monoisotopic (exact) mass is 534 g/mol. The molecule has 2 aromatic carbocycles. The third-order valence-corrected chi connectivity index (χ3v) is 7.18. The lowest BCUT2D eigenvalue weighted by atomic mass is 9.82. The Morgan fingerprint density at radius 1 is 0.943 bits per heavy atom. The zero-order valence-corrected chi connectivity index (χ0v) is 21.6. The Morgan fingerprint density at radius 3 is 2.11 bits per heavy atom. The number of hydrogen-bond acceptors (Lipinski definition) is 7. The van der Waals surface area contributed by atoms with Gasteiger partial charge in [0.05, 0.1) is 30.8 Å². The Balaban J connectivity index is 1.30. The van der Waals surface area contributed by atoms with Gasteiger partial charge in [-0.25, -0.2) is 9.78 Å². The van der Waals surface area contributed by atoms with Crippen LogP contribution in [0.15, 0.2) is 59.4 Å². The number of halogens is 2. The van der Waals surface area contributed by atoms with E-state index in [1.165, 1.54) is 11.3 Å². The molecule has 1 fully saturated rings. The molecule has 1 aliphatic rings. The first-order valence-electron chi connectivity index (χ1n) is 11.6. The number of thiazole rings is 1. The van der Waals surface area contributed by atoms with Crippen LogP contribution in [0.4, 0.5) is 0 Å². The molecule has 0 N–H and O–H groups in total. The topological polar surface area (TPSA) is 60.9 Å². The zero-order valence-electron chi connectivity index (χ0n) is 19.3. The molecule has 3 aromatic rings. The predicted octanol–water partition coefficient (Wildman–Crippen LogP) is 6.33. The largest absolute Gasteiger partial charge is 0.494 e. The van der Waals surface area contributed by atoms with Gasteiger partial charge in [-0.05, 0) is 79.6 Å². The van der Waals surface area contributed by atoms with Crippen LogP contribution in [0.5, 0.6) is 11.5 Å². The molecular formula is C26H28Cl2N2O4S. The number of benzene rings is 2. The van der Waals surface area contributed by atoms with Gasteiger partial charge in [0.15, 0.2) is 0 Å². The van der Waals surface area contributed by atoms with Crippen LogP contribution in [0.1, 0.15) is 25.0 Å². The molecule has 1 saturated heterocycles. The van der Waals surface area contributed by atoms with Crippen LogP contribution in [0.2, 0.25) is 10.0 Å². The number of carbonyl (C=O) groups excluding carboxylic acids is 1. The van der Waals surface area contributed by atoms with Crippen LogP contribution in [0.3, 0.4) is 0 Å². The summed E-state index contributed by atoms with van der Waals surface area (Å²) < 4.78 is 11.9. The predicted molar refractivity (Wildman–Crippen MR) is 138 cm³/mol. The standard InChI is InChI=1S/C26H28Cl2N2O4S/c27-21-1-5-24(6-2-21)32-13-10-19-9-12-30(34-26(31)15-23-17-35-18-29-23)16-20(19)11-14-33-25-7-3-22(28)4-8-25/h1-8,17-20H,9-16H2. The van der Waals surface area contributed by atoms with Crippen molar-refractivity contribution >= 4 is 40.5 Å². The molecule has 1 aromatic heterocycles. The van der Waals surface area contributed by atoms with Crippen molar-refractivity contribution in [1.29, 1.82) is 0 Å². The Kier molecular flexibility index (Phi) is 9.66. The number of aromatic nitrogens is 1. The highest BCUT2D eigenvalue weighted by Crippen LogP contribution is 2.30. The highest BCUT2D eigenvalue weighted by molar-refractivity contribution is 7.07. The van der Waals surface area contributed by atoms with Crippen molar-refractivity contribution in [2.45, 2.75) is 25.7 Å². The molecule has 0 saturated carbocycles. The van der Waals surface area contributed by atoms with Crippen LogP contribution in [0, 0.1) is 11.8 Å². The summed E-state index contributed by atoms with van der Waals surface area (Å²) in [5.74, 6) is 2.06. The van der Waals surface area contributed by atoms with Crippen molar-refractivity contribution < 1.29 is 19.1 Å². The van der Waals surface area contributed by atoms with E-state index in [0.29, 0.717) is 48.2 Å². The quantitative estimate of drug-likeness (QED) is 0.286. The smallest absolute Gasteiger partial charge is 0.331 e. The molecule has 9 heteroatoms. The van der Waals surface area contributed by atoms with Crippen molar-refractivity contribution in [3.8, 4) is 11.5 Å². The summed E-state index contributed by atoms with van der Waals surface area (Å²) in [5, 5.41) is 5.03. The number of carbonyl (C=O) groups is 1. The minimum absolute atomic E-state index is 0.183.